The maximum Gasteiger partial charge on any atom is 0.223 e. The zero-order valence-corrected chi connectivity index (χ0v) is 13.6. The van der Waals surface area contributed by atoms with Crippen molar-refractivity contribution in [3.63, 3.8) is 0 Å². The van der Waals surface area contributed by atoms with Crippen molar-refractivity contribution in [3.05, 3.63) is 27.7 Å². The summed E-state index contributed by atoms with van der Waals surface area (Å²) in [4.78, 5) is 16.5. The summed E-state index contributed by atoms with van der Waals surface area (Å²) in [7, 11) is 2.12. The van der Waals surface area contributed by atoms with E-state index in [9.17, 15) is 9.90 Å². The van der Waals surface area contributed by atoms with Gasteiger partial charge in [-0.3, -0.25) is 9.69 Å². The van der Waals surface area contributed by atoms with Gasteiger partial charge in [0.2, 0.25) is 5.43 Å². The van der Waals surface area contributed by atoms with Crippen LogP contribution in [0, 0.1) is 12.8 Å². The first-order valence-electron chi connectivity index (χ1n) is 7.71. The standard InChI is InChI=1S/C16H27N3O2/c1-12(2)10-19-13(3)9-15(20)16(21)14(19)11-18-7-5-17(4)6-8-18/h9,12,21H,5-8,10-11H2,1-4H3. The molecule has 0 spiro atoms. The lowest BCUT2D eigenvalue weighted by Crippen LogP contribution is -2.44. The first-order valence-corrected chi connectivity index (χ1v) is 7.71. The molecule has 1 saturated heterocycles. The number of likely N-dealkylation sites (N-methyl/N-ethyl adjacent to an activating group) is 1. The second-order valence-electron chi connectivity index (χ2n) is 6.53. The Kier molecular flexibility index (Phi) is 5.06. The van der Waals surface area contributed by atoms with Crippen molar-refractivity contribution in [1.29, 1.82) is 0 Å². The average molecular weight is 293 g/mol. The summed E-state index contributed by atoms with van der Waals surface area (Å²) in [6.07, 6.45) is 0. The molecule has 1 aliphatic rings. The molecule has 1 N–H and O–H groups in total. The number of nitrogens with zero attached hydrogens (tertiary/aromatic N) is 3. The molecule has 0 unspecified atom stereocenters. The third-order valence-corrected chi connectivity index (χ3v) is 4.12. The van der Waals surface area contributed by atoms with Crippen molar-refractivity contribution < 1.29 is 5.11 Å². The first kappa shape index (κ1) is 16.0. The minimum atomic E-state index is -0.267. The van der Waals surface area contributed by atoms with Gasteiger partial charge in [-0.1, -0.05) is 13.8 Å². The molecule has 0 atom stereocenters. The summed E-state index contributed by atoms with van der Waals surface area (Å²) >= 11 is 0. The van der Waals surface area contributed by atoms with Gasteiger partial charge in [0.25, 0.3) is 0 Å². The van der Waals surface area contributed by atoms with E-state index < -0.39 is 0 Å². The van der Waals surface area contributed by atoms with Gasteiger partial charge < -0.3 is 14.6 Å². The molecule has 118 valence electrons. The Labute approximate surface area is 126 Å². The number of hydrogen-bond acceptors (Lipinski definition) is 4. The van der Waals surface area contributed by atoms with Crippen LogP contribution >= 0.6 is 0 Å². The summed E-state index contributed by atoms with van der Waals surface area (Å²) in [5.41, 5.74) is 1.42. The van der Waals surface area contributed by atoms with Crippen molar-refractivity contribution in [2.75, 3.05) is 33.2 Å². The van der Waals surface area contributed by atoms with Gasteiger partial charge in [0.05, 0.1) is 5.69 Å². The van der Waals surface area contributed by atoms with E-state index in [-0.39, 0.29) is 11.2 Å². The van der Waals surface area contributed by atoms with E-state index in [1.54, 1.807) is 0 Å². The van der Waals surface area contributed by atoms with E-state index in [0.717, 1.165) is 44.1 Å². The molecule has 1 aromatic heterocycles. The summed E-state index contributed by atoms with van der Waals surface area (Å²) < 4.78 is 2.10. The van der Waals surface area contributed by atoms with Crippen LogP contribution in [0.2, 0.25) is 0 Å². The summed E-state index contributed by atoms with van der Waals surface area (Å²) in [5, 5.41) is 10.2. The number of rotatable bonds is 4. The molecule has 1 fully saturated rings. The Hall–Kier alpha value is -1.33. The Morgan fingerprint density at radius 3 is 2.43 bits per heavy atom. The van der Waals surface area contributed by atoms with Crippen molar-refractivity contribution in [2.24, 2.45) is 5.92 Å². The maximum absolute atomic E-state index is 11.9. The number of hydrogen-bond donors (Lipinski definition) is 1. The van der Waals surface area contributed by atoms with Gasteiger partial charge in [-0.15, -0.1) is 0 Å². The number of aryl methyl sites for hydroxylation is 1. The van der Waals surface area contributed by atoms with E-state index in [4.69, 9.17) is 0 Å². The fourth-order valence-corrected chi connectivity index (χ4v) is 2.82. The molecular weight excluding hydrogens is 266 g/mol. The highest BCUT2D eigenvalue weighted by Crippen LogP contribution is 2.19. The number of piperazine rings is 1. The number of aromatic nitrogens is 1. The second kappa shape index (κ2) is 6.62. The van der Waals surface area contributed by atoms with Crippen LogP contribution in [0.1, 0.15) is 25.2 Å². The van der Waals surface area contributed by atoms with Gasteiger partial charge in [0, 0.05) is 51.0 Å². The Bertz CT molecular complexity index is 543. The van der Waals surface area contributed by atoms with Crippen LogP contribution in [0.25, 0.3) is 0 Å². The van der Waals surface area contributed by atoms with E-state index in [0.29, 0.717) is 12.5 Å². The molecule has 0 aromatic carbocycles. The lowest BCUT2D eigenvalue weighted by atomic mass is 10.1. The Morgan fingerprint density at radius 2 is 1.86 bits per heavy atom. The predicted octanol–water partition coefficient (Wildman–Crippen LogP) is 1.27. The summed E-state index contributed by atoms with van der Waals surface area (Å²) in [6, 6.07) is 1.53. The first-order chi connectivity index (χ1) is 9.88. The van der Waals surface area contributed by atoms with Crippen molar-refractivity contribution in [3.8, 4) is 5.75 Å². The zero-order chi connectivity index (χ0) is 15.6. The SMILES string of the molecule is Cc1cc(=O)c(O)c(CN2CCN(C)CC2)n1CC(C)C. The van der Waals surface area contributed by atoms with E-state index in [1.165, 1.54) is 6.07 Å². The Balaban J connectivity index is 2.29. The van der Waals surface area contributed by atoms with Gasteiger partial charge in [-0.2, -0.15) is 0 Å². The quantitative estimate of drug-likeness (QED) is 0.908. The number of aromatic hydroxyl groups is 1. The van der Waals surface area contributed by atoms with Crippen LogP contribution < -0.4 is 5.43 Å². The minimum absolute atomic E-state index is 0.0832. The van der Waals surface area contributed by atoms with Gasteiger partial charge in [-0.05, 0) is 19.9 Å². The normalized spacial score (nSPS) is 17.6. The third kappa shape index (κ3) is 3.86. The smallest absolute Gasteiger partial charge is 0.223 e. The Morgan fingerprint density at radius 1 is 1.24 bits per heavy atom. The van der Waals surface area contributed by atoms with Gasteiger partial charge in [0.1, 0.15) is 0 Å². The molecule has 5 nitrogen and oxygen atoms in total. The molecule has 2 heterocycles. The molecule has 0 amide bonds. The molecule has 0 saturated carbocycles. The molecular formula is C16H27N3O2. The minimum Gasteiger partial charge on any atom is -0.503 e. The fraction of sp³-hybridized carbons (Fsp3) is 0.688. The van der Waals surface area contributed by atoms with Gasteiger partial charge >= 0.3 is 0 Å². The predicted molar refractivity (Wildman–Crippen MR) is 84.7 cm³/mol. The summed E-state index contributed by atoms with van der Waals surface area (Å²) in [5.74, 6) is 0.386. The molecule has 0 bridgehead atoms. The third-order valence-electron chi connectivity index (χ3n) is 4.12. The fourth-order valence-electron chi connectivity index (χ4n) is 2.82. The molecule has 1 aliphatic heterocycles. The molecule has 0 aliphatic carbocycles. The maximum atomic E-state index is 11.9. The largest absolute Gasteiger partial charge is 0.503 e. The monoisotopic (exact) mass is 293 g/mol. The lowest BCUT2D eigenvalue weighted by Gasteiger charge is -2.33. The van der Waals surface area contributed by atoms with Crippen LogP contribution in [0.3, 0.4) is 0 Å². The average Bonchev–Trinajstić information content (AvgIpc) is 2.42. The molecule has 5 heteroatoms. The van der Waals surface area contributed by atoms with Crippen molar-refractivity contribution >= 4 is 0 Å². The highest BCUT2D eigenvalue weighted by molar-refractivity contribution is 5.30. The second-order valence-corrected chi connectivity index (χ2v) is 6.53. The van der Waals surface area contributed by atoms with Crippen LogP contribution in [0.15, 0.2) is 10.9 Å². The summed E-state index contributed by atoms with van der Waals surface area (Å²) in [6.45, 7) is 11.7. The molecule has 21 heavy (non-hydrogen) atoms. The topological polar surface area (TPSA) is 48.7 Å². The highest BCUT2D eigenvalue weighted by Gasteiger charge is 2.19. The molecule has 2 rings (SSSR count). The van der Waals surface area contributed by atoms with Crippen molar-refractivity contribution in [1.82, 2.24) is 14.4 Å². The lowest BCUT2D eigenvalue weighted by molar-refractivity contribution is 0.143. The highest BCUT2D eigenvalue weighted by atomic mass is 16.3. The number of pyridine rings is 1. The van der Waals surface area contributed by atoms with Crippen LogP contribution in [0.4, 0.5) is 0 Å². The van der Waals surface area contributed by atoms with Crippen LogP contribution in [-0.4, -0.2) is 52.7 Å². The van der Waals surface area contributed by atoms with E-state index >= 15 is 0 Å². The van der Waals surface area contributed by atoms with Crippen LogP contribution in [0.5, 0.6) is 5.75 Å². The molecule has 1 aromatic rings. The zero-order valence-electron chi connectivity index (χ0n) is 13.6. The molecule has 0 radical (unpaired) electrons. The van der Waals surface area contributed by atoms with Gasteiger partial charge in [-0.25, -0.2) is 0 Å². The van der Waals surface area contributed by atoms with Gasteiger partial charge in [0.15, 0.2) is 5.75 Å². The van der Waals surface area contributed by atoms with Crippen molar-refractivity contribution in [2.45, 2.75) is 33.9 Å². The van der Waals surface area contributed by atoms with Crippen LogP contribution in [-0.2, 0) is 13.1 Å². The van der Waals surface area contributed by atoms with E-state index in [2.05, 4.69) is 35.3 Å². The van der Waals surface area contributed by atoms with E-state index in [1.807, 2.05) is 6.92 Å².